The Morgan fingerprint density at radius 2 is 1.80 bits per heavy atom. The van der Waals surface area contributed by atoms with Crippen LogP contribution >= 0.6 is 15.9 Å². The molecule has 0 fully saturated rings. The molecule has 0 bridgehead atoms. The van der Waals surface area contributed by atoms with E-state index in [4.69, 9.17) is 5.73 Å². The third-order valence-corrected chi connectivity index (χ3v) is 3.31. The van der Waals surface area contributed by atoms with Gasteiger partial charge in [0.1, 0.15) is 5.75 Å². The summed E-state index contributed by atoms with van der Waals surface area (Å²) in [7, 11) is 0. The number of carbonyl (C=O) groups excluding carboxylic acids is 2. The van der Waals surface area contributed by atoms with Crippen LogP contribution < -0.4 is 21.1 Å². The van der Waals surface area contributed by atoms with Gasteiger partial charge in [-0.05, 0) is 30.3 Å². The summed E-state index contributed by atoms with van der Waals surface area (Å²) < 4.78 is 41.4. The molecule has 132 valence electrons. The van der Waals surface area contributed by atoms with Gasteiger partial charge in [0, 0.05) is 16.2 Å². The van der Waals surface area contributed by atoms with Crippen LogP contribution in [0.3, 0.4) is 0 Å². The average molecular weight is 418 g/mol. The molecule has 0 spiro atoms. The predicted molar refractivity (Wildman–Crippen MR) is 88.4 cm³/mol. The van der Waals surface area contributed by atoms with Gasteiger partial charge < -0.3 is 21.1 Å². The van der Waals surface area contributed by atoms with Gasteiger partial charge in [-0.15, -0.1) is 13.2 Å². The van der Waals surface area contributed by atoms with Crippen LogP contribution in [-0.4, -0.2) is 18.3 Å². The fourth-order valence-electron chi connectivity index (χ4n) is 1.89. The SMILES string of the molecule is NC(=O)c1ccc(OC(F)(F)F)cc1NC(=O)Nc1cccc(Br)c1. The van der Waals surface area contributed by atoms with Gasteiger partial charge in [-0.2, -0.15) is 0 Å². The molecule has 25 heavy (non-hydrogen) atoms. The first-order chi connectivity index (χ1) is 11.6. The van der Waals surface area contributed by atoms with Crippen LogP contribution in [0.2, 0.25) is 0 Å². The van der Waals surface area contributed by atoms with Crippen LogP contribution in [0.1, 0.15) is 10.4 Å². The van der Waals surface area contributed by atoms with E-state index in [1.165, 1.54) is 0 Å². The molecule has 0 aromatic heterocycles. The van der Waals surface area contributed by atoms with Gasteiger partial charge in [0.05, 0.1) is 11.3 Å². The fourth-order valence-corrected chi connectivity index (χ4v) is 2.29. The van der Waals surface area contributed by atoms with Crippen molar-refractivity contribution in [2.75, 3.05) is 10.6 Å². The zero-order chi connectivity index (χ0) is 18.6. The van der Waals surface area contributed by atoms with Crippen LogP contribution in [-0.2, 0) is 0 Å². The molecule has 2 rings (SSSR count). The first kappa shape index (κ1) is 18.6. The standard InChI is InChI=1S/C15H11BrF3N3O3/c16-8-2-1-3-9(6-8)21-14(24)22-12-7-10(25-15(17,18)19)4-5-11(12)13(20)23/h1-7H,(H2,20,23)(H2,21,22,24). The molecule has 0 heterocycles. The number of halogens is 4. The van der Waals surface area contributed by atoms with Crippen LogP contribution in [0.4, 0.5) is 29.3 Å². The lowest BCUT2D eigenvalue weighted by Crippen LogP contribution is -2.23. The van der Waals surface area contributed by atoms with Gasteiger partial charge in [-0.3, -0.25) is 4.79 Å². The average Bonchev–Trinajstić information content (AvgIpc) is 2.45. The number of nitrogens with two attached hydrogens (primary N) is 1. The van der Waals surface area contributed by atoms with Crippen molar-refractivity contribution in [3.05, 3.63) is 52.5 Å². The number of rotatable bonds is 4. The number of anilines is 2. The summed E-state index contributed by atoms with van der Waals surface area (Å²) in [5.41, 5.74) is 5.20. The van der Waals surface area contributed by atoms with E-state index in [1.54, 1.807) is 24.3 Å². The molecule has 0 saturated heterocycles. The molecule has 0 atom stereocenters. The monoisotopic (exact) mass is 417 g/mol. The van der Waals surface area contributed by atoms with E-state index >= 15 is 0 Å². The van der Waals surface area contributed by atoms with Crippen molar-refractivity contribution < 1.29 is 27.5 Å². The summed E-state index contributed by atoms with van der Waals surface area (Å²) in [5, 5.41) is 4.74. The molecule has 0 aliphatic rings. The topological polar surface area (TPSA) is 93.5 Å². The second kappa shape index (κ2) is 7.43. The van der Waals surface area contributed by atoms with E-state index in [0.29, 0.717) is 10.2 Å². The summed E-state index contributed by atoms with van der Waals surface area (Å²) in [5.74, 6) is -1.52. The number of carbonyl (C=O) groups is 2. The highest BCUT2D eigenvalue weighted by atomic mass is 79.9. The van der Waals surface area contributed by atoms with Gasteiger partial charge in [-0.1, -0.05) is 22.0 Å². The van der Waals surface area contributed by atoms with Crippen molar-refractivity contribution in [1.82, 2.24) is 0 Å². The van der Waals surface area contributed by atoms with E-state index < -0.39 is 24.1 Å². The number of hydrogen-bond donors (Lipinski definition) is 3. The van der Waals surface area contributed by atoms with E-state index in [1.807, 2.05) is 0 Å². The number of nitrogens with one attached hydrogen (secondary N) is 2. The first-order valence-electron chi connectivity index (χ1n) is 6.67. The maximum atomic E-state index is 12.3. The van der Waals surface area contributed by atoms with E-state index in [-0.39, 0.29) is 11.3 Å². The minimum Gasteiger partial charge on any atom is -0.406 e. The molecule has 0 radical (unpaired) electrons. The Morgan fingerprint density at radius 3 is 2.40 bits per heavy atom. The van der Waals surface area contributed by atoms with Crippen LogP contribution in [0, 0.1) is 0 Å². The third kappa shape index (κ3) is 5.68. The summed E-state index contributed by atoms with van der Waals surface area (Å²) in [6.07, 6.45) is -4.91. The van der Waals surface area contributed by atoms with Gasteiger partial charge in [0.2, 0.25) is 0 Å². The Hall–Kier alpha value is -2.75. The lowest BCUT2D eigenvalue weighted by atomic mass is 10.1. The van der Waals surface area contributed by atoms with Gasteiger partial charge in [-0.25, -0.2) is 4.79 Å². The normalized spacial score (nSPS) is 10.9. The Balaban J connectivity index is 2.21. The Bertz CT molecular complexity index is 812. The van der Waals surface area contributed by atoms with Crippen molar-refractivity contribution in [3.63, 3.8) is 0 Å². The minimum absolute atomic E-state index is 0.168. The highest BCUT2D eigenvalue weighted by Gasteiger charge is 2.31. The lowest BCUT2D eigenvalue weighted by Gasteiger charge is -2.14. The van der Waals surface area contributed by atoms with Crippen molar-refractivity contribution >= 4 is 39.2 Å². The summed E-state index contributed by atoms with van der Waals surface area (Å²) >= 11 is 3.23. The van der Waals surface area contributed by atoms with E-state index in [2.05, 4.69) is 31.3 Å². The number of amides is 3. The second-order valence-corrected chi connectivity index (χ2v) is 5.62. The summed E-state index contributed by atoms with van der Waals surface area (Å²) in [6.45, 7) is 0. The molecule has 10 heteroatoms. The quantitative estimate of drug-likeness (QED) is 0.699. The first-order valence-corrected chi connectivity index (χ1v) is 7.46. The molecule has 0 unspecified atom stereocenters. The van der Waals surface area contributed by atoms with Gasteiger partial charge in [0.25, 0.3) is 5.91 Å². The van der Waals surface area contributed by atoms with Crippen molar-refractivity contribution in [1.29, 1.82) is 0 Å². The number of alkyl halides is 3. The summed E-state index contributed by atoms with van der Waals surface area (Å²) in [4.78, 5) is 23.4. The number of ether oxygens (including phenoxy) is 1. The Morgan fingerprint density at radius 1 is 1.08 bits per heavy atom. The lowest BCUT2D eigenvalue weighted by molar-refractivity contribution is -0.274. The van der Waals surface area contributed by atoms with Gasteiger partial charge in [0.15, 0.2) is 0 Å². The molecule has 2 aromatic rings. The van der Waals surface area contributed by atoms with Crippen LogP contribution in [0.15, 0.2) is 46.9 Å². The molecule has 0 aliphatic carbocycles. The maximum absolute atomic E-state index is 12.3. The predicted octanol–water partition coefficient (Wildman–Crippen LogP) is 4.09. The highest BCUT2D eigenvalue weighted by Crippen LogP contribution is 2.28. The highest BCUT2D eigenvalue weighted by molar-refractivity contribution is 9.10. The molecule has 3 amide bonds. The van der Waals surface area contributed by atoms with Gasteiger partial charge >= 0.3 is 12.4 Å². The second-order valence-electron chi connectivity index (χ2n) is 4.71. The molecule has 4 N–H and O–H groups in total. The maximum Gasteiger partial charge on any atom is 0.573 e. The van der Waals surface area contributed by atoms with E-state index in [9.17, 15) is 22.8 Å². The smallest absolute Gasteiger partial charge is 0.406 e. The minimum atomic E-state index is -4.91. The van der Waals surface area contributed by atoms with Crippen LogP contribution in [0.5, 0.6) is 5.75 Å². The van der Waals surface area contributed by atoms with Crippen molar-refractivity contribution in [2.45, 2.75) is 6.36 Å². The number of hydrogen-bond acceptors (Lipinski definition) is 3. The zero-order valence-corrected chi connectivity index (χ0v) is 13.9. The van der Waals surface area contributed by atoms with Crippen LogP contribution in [0.25, 0.3) is 0 Å². The Labute approximate surface area is 148 Å². The Kier molecular flexibility index (Phi) is 5.52. The molecule has 0 saturated carbocycles. The van der Waals surface area contributed by atoms with Crippen molar-refractivity contribution in [2.24, 2.45) is 5.73 Å². The molecule has 2 aromatic carbocycles. The molecule has 6 nitrogen and oxygen atoms in total. The third-order valence-electron chi connectivity index (χ3n) is 2.82. The zero-order valence-electron chi connectivity index (χ0n) is 12.4. The molecule has 0 aliphatic heterocycles. The number of primary amides is 1. The molecular weight excluding hydrogens is 407 g/mol. The number of benzene rings is 2. The van der Waals surface area contributed by atoms with Crippen molar-refractivity contribution in [3.8, 4) is 5.75 Å². The summed E-state index contributed by atoms with van der Waals surface area (Å²) in [6, 6.07) is 8.65. The fraction of sp³-hybridized carbons (Fsp3) is 0.0667. The molecular formula is C15H11BrF3N3O3. The van der Waals surface area contributed by atoms with E-state index in [0.717, 1.165) is 18.2 Å². The largest absolute Gasteiger partial charge is 0.573 e. The number of urea groups is 1.